The molecule has 0 radical (unpaired) electrons. The van der Waals surface area contributed by atoms with Gasteiger partial charge in [0.15, 0.2) is 0 Å². The molecule has 3 N–H and O–H groups in total. The summed E-state index contributed by atoms with van der Waals surface area (Å²) < 4.78 is 0. The number of carbonyl (C=O) groups excluding carboxylic acids is 1. The molecule has 17 heavy (non-hydrogen) atoms. The van der Waals surface area contributed by atoms with Crippen molar-refractivity contribution in [2.75, 3.05) is 13.1 Å². The zero-order valence-electron chi connectivity index (χ0n) is 9.97. The number of hydrogen-bond acceptors (Lipinski definition) is 3. The summed E-state index contributed by atoms with van der Waals surface area (Å²) in [6, 6.07) is -0.0345. The second kappa shape index (κ2) is 5.04. The molecule has 2 aliphatic rings. The van der Waals surface area contributed by atoms with Crippen LogP contribution < -0.4 is 5.73 Å². The monoisotopic (exact) mass is 240 g/mol. The number of hydrogen-bond donors (Lipinski definition) is 2. The fourth-order valence-corrected chi connectivity index (χ4v) is 2.43. The maximum Gasteiger partial charge on any atom is 0.308 e. The topological polar surface area (TPSA) is 83.6 Å². The first-order valence-electron chi connectivity index (χ1n) is 6.34. The van der Waals surface area contributed by atoms with Crippen molar-refractivity contribution in [3.63, 3.8) is 0 Å². The molecule has 2 fully saturated rings. The number of carboxylic acid groups (broad SMARTS) is 1. The quantitative estimate of drug-likeness (QED) is 0.746. The highest BCUT2D eigenvalue weighted by Gasteiger charge is 2.33. The zero-order valence-corrected chi connectivity index (χ0v) is 9.97. The number of amides is 1. The van der Waals surface area contributed by atoms with E-state index < -0.39 is 11.9 Å². The van der Waals surface area contributed by atoms with Gasteiger partial charge in [-0.15, -0.1) is 0 Å². The van der Waals surface area contributed by atoms with Crippen molar-refractivity contribution in [1.82, 2.24) is 4.90 Å². The summed E-state index contributed by atoms with van der Waals surface area (Å²) in [5.41, 5.74) is 5.92. The summed E-state index contributed by atoms with van der Waals surface area (Å²) in [6.45, 7) is 1.03. The maximum absolute atomic E-state index is 12.0. The van der Waals surface area contributed by atoms with Gasteiger partial charge in [0.2, 0.25) is 5.91 Å². The van der Waals surface area contributed by atoms with Gasteiger partial charge in [0.25, 0.3) is 0 Å². The van der Waals surface area contributed by atoms with Gasteiger partial charge in [-0.3, -0.25) is 9.59 Å². The van der Waals surface area contributed by atoms with E-state index in [0.29, 0.717) is 31.8 Å². The van der Waals surface area contributed by atoms with Crippen LogP contribution in [0.1, 0.15) is 32.1 Å². The molecule has 1 aliphatic heterocycles. The fourth-order valence-electron chi connectivity index (χ4n) is 2.43. The Labute approximate surface area is 101 Å². The molecule has 1 saturated carbocycles. The van der Waals surface area contributed by atoms with Crippen LogP contribution in [-0.4, -0.2) is 41.0 Å². The number of rotatable bonds is 4. The van der Waals surface area contributed by atoms with E-state index in [4.69, 9.17) is 10.8 Å². The molecule has 2 rings (SSSR count). The summed E-state index contributed by atoms with van der Waals surface area (Å²) in [5, 5.41) is 8.96. The Kier molecular flexibility index (Phi) is 3.66. The number of piperidine rings is 1. The van der Waals surface area contributed by atoms with E-state index >= 15 is 0 Å². The van der Waals surface area contributed by atoms with E-state index in [0.717, 1.165) is 19.3 Å². The molecule has 1 unspecified atom stereocenters. The molecule has 96 valence electrons. The van der Waals surface area contributed by atoms with Crippen molar-refractivity contribution in [3.8, 4) is 0 Å². The van der Waals surface area contributed by atoms with Gasteiger partial charge < -0.3 is 15.7 Å². The molecule has 1 saturated heterocycles. The van der Waals surface area contributed by atoms with Crippen molar-refractivity contribution >= 4 is 11.9 Å². The highest BCUT2D eigenvalue weighted by molar-refractivity contribution is 5.78. The Morgan fingerprint density at radius 1 is 1.35 bits per heavy atom. The summed E-state index contributed by atoms with van der Waals surface area (Å²) in [7, 11) is 0. The summed E-state index contributed by atoms with van der Waals surface area (Å²) in [4.78, 5) is 24.5. The predicted octanol–water partition coefficient (Wildman–Crippen LogP) is 0.437. The first kappa shape index (κ1) is 12.4. The summed E-state index contributed by atoms with van der Waals surface area (Å²) in [6.07, 6.45) is 4.09. The SMILES string of the molecule is NC(CC(=O)N1CCC[C@H](C(=O)O)C1)C1CC1. The number of likely N-dealkylation sites (tertiary alicyclic amines) is 1. The van der Waals surface area contributed by atoms with Crippen molar-refractivity contribution < 1.29 is 14.7 Å². The molecule has 1 aliphatic carbocycles. The Morgan fingerprint density at radius 3 is 2.65 bits per heavy atom. The molecular formula is C12H20N2O3. The largest absolute Gasteiger partial charge is 0.481 e. The highest BCUT2D eigenvalue weighted by Crippen LogP contribution is 2.33. The molecule has 0 aromatic heterocycles. The lowest BCUT2D eigenvalue weighted by atomic mass is 9.97. The third-order valence-electron chi connectivity index (χ3n) is 3.76. The van der Waals surface area contributed by atoms with Gasteiger partial charge in [0, 0.05) is 25.6 Å². The fraction of sp³-hybridized carbons (Fsp3) is 0.833. The first-order valence-corrected chi connectivity index (χ1v) is 6.34. The van der Waals surface area contributed by atoms with Crippen molar-refractivity contribution in [3.05, 3.63) is 0 Å². The van der Waals surface area contributed by atoms with E-state index in [2.05, 4.69) is 0 Å². The number of aliphatic carboxylic acids is 1. The summed E-state index contributed by atoms with van der Waals surface area (Å²) in [5.74, 6) is -0.659. The van der Waals surface area contributed by atoms with Crippen molar-refractivity contribution in [1.29, 1.82) is 0 Å². The van der Waals surface area contributed by atoms with E-state index in [9.17, 15) is 9.59 Å². The number of carbonyl (C=O) groups is 2. The number of nitrogens with zero attached hydrogens (tertiary/aromatic N) is 1. The lowest BCUT2D eigenvalue weighted by molar-refractivity contribution is -0.145. The third-order valence-corrected chi connectivity index (χ3v) is 3.76. The Balaban J connectivity index is 1.83. The standard InChI is InChI=1S/C12H20N2O3/c13-10(8-3-4-8)6-11(15)14-5-1-2-9(7-14)12(16)17/h8-10H,1-7,13H2,(H,16,17)/t9-,10?/m0/s1. The molecule has 2 atom stereocenters. The summed E-state index contributed by atoms with van der Waals surface area (Å²) >= 11 is 0. The van der Waals surface area contributed by atoms with Crippen LogP contribution in [0.2, 0.25) is 0 Å². The van der Waals surface area contributed by atoms with Crippen LogP contribution in [0.5, 0.6) is 0 Å². The van der Waals surface area contributed by atoms with E-state index in [1.807, 2.05) is 0 Å². The zero-order chi connectivity index (χ0) is 12.4. The van der Waals surface area contributed by atoms with Crippen LogP contribution in [-0.2, 0) is 9.59 Å². The van der Waals surface area contributed by atoms with Crippen molar-refractivity contribution in [2.24, 2.45) is 17.6 Å². The van der Waals surface area contributed by atoms with Gasteiger partial charge in [0.05, 0.1) is 5.92 Å². The molecule has 0 aromatic carbocycles. The van der Waals surface area contributed by atoms with Gasteiger partial charge in [0.1, 0.15) is 0 Å². The Morgan fingerprint density at radius 2 is 2.06 bits per heavy atom. The predicted molar refractivity (Wildman–Crippen MR) is 62.3 cm³/mol. The minimum absolute atomic E-state index is 0.0235. The number of nitrogens with two attached hydrogens (primary N) is 1. The van der Waals surface area contributed by atoms with Gasteiger partial charge >= 0.3 is 5.97 Å². The smallest absolute Gasteiger partial charge is 0.308 e. The van der Waals surface area contributed by atoms with Crippen LogP contribution in [0, 0.1) is 11.8 Å². The van der Waals surface area contributed by atoms with Crippen LogP contribution in [0.3, 0.4) is 0 Å². The van der Waals surface area contributed by atoms with Gasteiger partial charge in [-0.2, -0.15) is 0 Å². The second-order valence-electron chi connectivity index (χ2n) is 5.22. The van der Waals surface area contributed by atoms with Crippen LogP contribution in [0.15, 0.2) is 0 Å². The Hall–Kier alpha value is -1.10. The maximum atomic E-state index is 12.0. The van der Waals surface area contributed by atoms with E-state index in [-0.39, 0.29) is 11.9 Å². The van der Waals surface area contributed by atoms with Gasteiger partial charge in [-0.1, -0.05) is 0 Å². The first-order chi connectivity index (χ1) is 8.08. The molecule has 5 heteroatoms. The van der Waals surface area contributed by atoms with Crippen LogP contribution in [0.4, 0.5) is 0 Å². The molecule has 1 amide bonds. The van der Waals surface area contributed by atoms with Crippen molar-refractivity contribution in [2.45, 2.75) is 38.1 Å². The molecule has 0 spiro atoms. The lowest BCUT2D eigenvalue weighted by Crippen LogP contribution is -2.44. The minimum atomic E-state index is -0.797. The average molecular weight is 240 g/mol. The number of carboxylic acids is 1. The van der Waals surface area contributed by atoms with E-state index in [1.54, 1.807) is 4.90 Å². The molecule has 1 heterocycles. The molecule has 0 bridgehead atoms. The van der Waals surface area contributed by atoms with Gasteiger partial charge in [-0.05, 0) is 31.6 Å². The average Bonchev–Trinajstić information content (AvgIpc) is 3.12. The van der Waals surface area contributed by atoms with Crippen LogP contribution >= 0.6 is 0 Å². The molecular weight excluding hydrogens is 220 g/mol. The van der Waals surface area contributed by atoms with Crippen LogP contribution in [0.25, 0.3) is 0 Å². The molecule has 0 aromatic rings. The van der Waals surface area contributed by atoms with Gasteiger partial charge in [-0.25, -0.2) is 0 Å². The third kappa shape index (κ3) is 3.19. The highest BCUT2D eigenvalue weighted by atomic mass is 16.4. The molecule has 5 nitrogen and oxygen atoms in total. The van der Waals surface area contributed by atoms with E-state index in [1.165, 1.54) is 0 Å². The Bertz CT molecular complexity index is 315. The normalized spacial score (nSPS) is 26.6. The lowest BCUT2D eigenvalue weighted by Gasteiger charge is -2.31. The second-order valence-corrected chi connectivity index (χ2v) is 5.22. The minimum Gasteiger partial charge on any atom is -0.481 e.